The van der Waals surface area contributed by atoms with Crippen LogP contribution in [0.2, 0.25) is 0 Å². The lowest BCUT2D eigenvalue weighted by atomic mass is 9.55. The minimum absolute atomic E-state index is 0.0236. The Kier molecular flexibility index (Phi) is 19.0. The van der Waals surface area contributed by atoms with Crippen molar-refractivity contribution in [1.82, 2.24) is 0 Å². The summed E-state index contributed by atoms with van der Waals surface area (Å²) in [6.45, 7) is 0. The van der Waals surface area contributed by atoms with Crippen LogP contribution in [0, 0.1) is 101 Å². The van der Waals surface area contributed by atoms with E-state index in [0.717, 1.165) is 79.6 Å². The van der Waals surface area contributed by atoms with E-state index in [-0.39, 0.29) is 96.4 Å². The minimum Gasteiger partial charge on any atom is -0.512 e. The lowest BCUT2D eigenvalue weighted by Gasteiger charge is -2.52. The zero-order valence-corrected chi connectivity index (χ0v) is 51.3. The van der Waals surface area contributed by atoms with Gasteiger partial charge in [0, 0.05) is 31.1 Å². The van der Waals surface area contributed by atoms with Gasteiger partial charge in [-0.25, -0.2) is 0 Å². The van der Waals surface area contributed by atoms with Crippen LogP contribution in [0.5, 0.6) is 0 Å². The lowest BCUT2D eigenvalue weighted by molar-refractivity contribution is -0.0839. The summed E-state index contributed by atoms with van der Waals surface area (Å²) in [5, 5.41) is 103. The highest BCUT2D eigenvalue weighted by atomic mass is 16.3. The zero-order chi connectivity index (χ0) is 57.6. The maximum atomic E-state index is 12.9. The summed E-state index contributed by atoms with van der Waals surface area (Å²) in [6, 6.07) is 0. The molecule has 13 aliphatic carbocycles. The summed E-state index contributed by atoms with van der Waals surface area (Å²) in [5.74, 6) is 1.34. The third-order valence-corrected chi connectivity index (χ3v) is 26.4. The fourth-order valence-electron chi connectivity index (χ4n) is 21.9. The fraction of sp³-hybridized carbons (Fsp3) is 0.763. The van der Waals surface area contributed by atoms with Crippen molar-refractivity contribution in [3.8, 4) is 0 Å². The number of allylic oxidation sites excluding steroid dienone is 14. The molecule has 462 valence electrons. The fourth-order valence-corrected chi connectivity index (χ4v) is 21.9. The van der Waals surface area contributed by atoms with E-state index in [4.69, 9.17) is 0 Å². The normalized spacial score (nSPS) is 42.8. The van der Waals surface area contributed by atoms with Gasteiger partial charge in [0.15, 0.2) is 0 Å². The molecule has 8 N–H and O–H groups in total. The SMILES string of the molecule is OC1=C2C[C@H](C(O)C1)C(C1=CCC(C3CCCCC3)CC1)C1CC(C(O)CC1O)C(C1C=CC(C3CCCCC3)=CC1)C1=C(O)C[C@H](O)C(C1)C(C1=CCC(C3CCCCC3)C=C1)C1C=C(C(O)CC1O)C2C1CC=C(C2CCCCC2)CC1. The molecule has 0 aromatic heterocycles. The molecule has 0 aromatic rings. The molecular formula is C76H110O8. The Labute approximate surface area is 505 Å². The van der Waals surface area contributed by atoms with Crippen LogP contribution in [-0.4, -0.2) is 77.5 Å². The highest BCUT2D eigenvalue weighted by Gasteiger charge is 2.54. The van der Waals surface area contributed by atoms with Gasteiger partial charge in [-0.1, -0.05) is 156 Å². The molecule has 0 aromatic carbocycles. The molecule has 84 heavy (non-hydrogen) atoms. The van der Waals surface area contributed by atoms with Crippen LogP contribution in [0.3, 0.4) is 0 Å². The number of aliphatic hydroxyl groups excluding tert-OH is 8. The maximum absolute atomic E-state index is 12.9. The second kappa shape index (κ2) is 26.6. The van der Waals surface area contributed by atoms with Crippen LogP contribution in [0.25, 0.3) is 0 Å². The molecule has 5 saturated carbocycles. The van der Waals surface area contributed by atoms with Crippen LogP contribution in [0.15, 0.2) is 105 Å². The molecule has 13 rings (SSSR count). The van der Waals surface area contributed by atoms with Gasteiger partial charge in [0.2, 0.25) is 0 Å². The first-order chi connectivity index (χ1) is 40.9. The average Bonchev–Trinajstić information content (AvgIpc) is 2.11. The lowest BCUT2D eigenvalue weighted by Crippen LogP contribution is -2.51. The Morgan fingerprint density at radius 1 is 0.369 bits per heavy atom. The maximum Gasteiger partial charge on any atom is 0.0946 e. The van der Waals surface area contributed by atoms with E-state index in [1.165, 1.54) is 140 Å². The Balaban J connectivity index is 0.962. The molecule has 5 fully saturated rings. The standard InChI is InChI=1S/C76H110O8/c77-65-41-67(79)59-37-57(65)73(53-29-21-49(22-30-53)45-13-5-1-6-14-45)58-38-60(68(80)42-66(58)78)75(55-33-25-51(26-34-55)47-17-9-3-10-18-47)62-40-64(72(84)44-70(62)82)76(56-35-27-52(28-36-56)48-19-11-4-12-20-48)63-39-61(69(81)43-71(63)83)74(59)54-31-23-50(24-32-54)46-15-7-2-8-16-46/h21-23,27,29,31-33,39,45-48,50-51,53,56,58-62,66-71,73-84H,1-20,24-26,28,30,34-38,40-44H2/t50?,51?,53?,56?,58?,59?,60?,61?,62-,66?,67+,68?,69?,70?,71?,73?,74?,75?,76?/m1/s1. The molecule has 0 radical (unpaired) electrons. The molecule has 8 heteroatoms. The van der Waals surface area contributed by atoms with E-state index in [1.807, 2.05) is 0 Å². The van der Waals surface area contributed by atoms with Crippen LogP contribution in [0.4, 0.5) is 0 Å². The monoisotopic (exact) mass is 1150 g/mol. The highest BCUT2D eigenvalue weighted by Crippen LogP contribution is 2.58. The van der Waals surface area contributed by atoms with Gasteiger partial charge in [-0.2, -0.15) is 0 Å². The summed E-state index contributed by atoms with van der Waals surface area (Å²) in [4.78, 5) is 0. The molecule has 8 nitrogen and oxygen atoms in total. The Morgan fingerprint density at radius 3 is 1.52 bits per heavy atom. The summed E-state index contributed by atoms with van der Waals surface area (Å²) in [5.41, 5.74) is 8.22. The van der Waals surface area contributed by atoms with Crippen LogP contribution < -0.4 is 0 Å². The zero-order valence-electron chi connectivity index (χ0n) is 51.3. The van der Waals surface area contributed by atoms with E-state index in [9.17, 15) is 40.9 Å². The van der Waals surface area contributed by atoms with Crippen molar-refractivity contribution in [2.75, 3.05) is 0 Å². The summed E-state index contributed by atoms with van der Waals surface area (Å²) in [7, 11) is 0. The Morgan fingerprint density at radius 2 is 0.905 bits per heavy atom. The number of aliphatic hydroxyl groups is 8. The smallest absolute Gasteiger partial charge is 0.0946 e. The van der Waals surface area contributed by atoms with E-state index in [2.05, 4.69) is 54.7 Å². The van der Waals surface area contributed by atoms with Crippen molar-refractivity contribution in [3.63, 3.8) is 0 Å². The molecule has 17 unspecified atom stereocenters. The third kappa shape index (κ3) is 12.4. The molecule has 0 saturated heterocycles. The van der Waals surface area contributed by atoms with Crippen molar-refractivity contribution in [1.29, 1.82) is 0 Å². The van der Waals surface area contributed by atoms with Gasteiger partial charge in [-0.3, -0.25) is 0 Å². The molecule has 19 atom stereocenters. The highest BCUT2D eigenvalue weighted by molar-refractivity contribution is 5.39. The van der Waals surface area contributed by atoms with Gasteiger partial charge >= 0.3 is 0 Å². The molecular weight excluding hydrogens is 1040 g/mol. The Hall–Kier alpha value is -2.98. The largest absolute Gasteiger partial charge is 0.512 e. The number of fused-ring (bicyclic) bond motifs is 7. The van der Waals surface area contributed by atoms with Gasteiger partial charge in [0.1, 0.15) is 0 Å². The van der Waals surface area contributed by atoms with Gasteiger partial charge in [-0.05, 0) is 232 Å². The molecule has 0 heterocycles. The molecule has 0 spiro atoms. The van der Waals surface area contributed by atoms with Crippen molar-refractivity contribution < 1.29 is 40.9 Å². The number of hydrogen-bond donors (Lipinski definition) is 8. The first kappa shape index (κ1) is 60.0. The predicted molar refractivity (Wildman–Crippen MR) is 335 cm³/mol. The van der Waals surface area contributed by atoms with E-state index >= 15 is 0 Å². The summed E-state index contributed by atoms with van der Waals surface area (Å²) in [6.07, 6.45) is 51.6. The van der Waals surface area contributed by atoms with Gasteiger partial charge in [-0.15, -0.1) is 0 Å². The summed E-state index contributed by atoms with van der Waals surface area (Å²) < 4.78 is 0. The topological polar surface area (TPSA) is 162 Å². The molecule has 0 aliphatic heterocycles. The van der Waals surface area contributed by atoms with E-state index < -0.39 is 42.5 Å². The minimum atomic E-state index is -0.942. The third-order valence-electron chi connectivity index (χ3n) is 26.4. The second-order valence-corrected chi connectivity index (χ2v) is 30.8. The predicted octanol–water partition coefficient (Wildman–Crippen LogP) is 15.8. The van der Waals surface area contributed by atoms with Gasteiger partial charge < -0.3 is 40.9 Å². The second-order valence-electron chi connectivity index (χ2n) is 30.8. The Bertz CT molecular complexity index is 2590. The number of rotatable bonds is 8. The summed E-state index contributed by atoms with van der Waals surface area (Å²) >= 11 is 0. The average molecular weight is 1150 g/mol. The molecule has 0 amide bonds. The van der Waals surface area contributed by atoms with Crippen LogP contribution in [-0.2, 0) is 0 Å². The van der Waals surface area contributed by atoms with Crippen LogP contribution in [0.1, 0.15) is 225 Å². The quantitative estimate of drug-likeness (QED) is 0.111. The van der Waals surface area contributed by atoms with Crippen LogP contribution >= 0.6 is 0 Å². The van der Waals surface area contributed by atoms with Crippen molar-refractivity contribution in [2.45, 2.75) is 261 Å². The molecule has 13 aliphatic rings. The number of hydrogen-bond acceptors (Lipinski definition) is 8. The van der Waals surface area contributed by atoms with Crippen molar-refractivity contribution >= 4 is 0 Å². The van der Waals surface area contributed by atoms with Gasteiger partial charge in [0.25, 0.3) is 0 Å². The first-order valence-corrected chi connectivity index (χ1v) is 35.7. The van der Waals surface area contributed by atoms with Crippen molar-refractivity contribution in [3.05, 3.63) is 105 Å². The van der Waals surface area contributed by atoms with Gasteiger partial charge in [0.05, 0.1) is 48.1 Å². The van der Waals surface area contributed by atoms with Crippen molar-refractivity contribution in [2.24, 2.45) is 101 Å². The first-order valence-electron chi connectivity index (χ1n) is 35.7. The molecule has 8 bridgehead atoms. The van der Waals surface area contributed by atoms with E-state index in [0.29, 0.717) is 48.9 Å². The van der Waals surface area contributed by atoms with E-state index in [1.54, 1.807) is 5.57 Å².